The summed E-state index contributed by atoms with van der Waals surface area (Å²) in [6.45, 7) is 0. The van der Waals surface area contributed by atoms with Crippen LogP contribution in [0.25, 0.3) is 111 Å². The molecule has 0 fully saturated rings. The molecule has 0 unspecified atom stereocenters. The normalized spacial score (nSPS) is 11.3. The molecule has 0 aliphatic carbocycles. The van der Waals surface area contributed by atoms with Gasteiger partial charge in [0.05, 0.1) is 0 Å². The third kappa shape index (κ3) is 6.49. The van der Waals surface area contributed by atoms with E-state index in [2.05, 4.69) is 224 Å². The van der Waals surface area contributed by atoms with E-state index in [4.69, 9.17) is 15.0 Å². The van der Waals surface area contributed by atoms with Gasteiger partial charge in [-0.15, -0.1) is 0 Å². The first kappa shape index (κ1) is 35.2. The van der Waals surface area contributed by atoms with Crippen LogP contribution < -0.4 is 0 Å². The zero-order valence-electron chi connectivity index (χ0n) is 32.7. The minimum Gasteiger partial charge on any atom is -0.208 e. The summed E-state index contributed by atoms with van der Waals surface area (Å²) in [7, 11) is 0. The molecular formula is C57H37N3. The molecule has 3 heteroatoms. The Morgan fingerprint density at radius 3 is 1.13 bits per heavy atom. The molecule has 3 nitrogen and oxygen atoms in total. The van der Waals surface area contributed by atoms with Crippen LogP contribution in [-0.4, -0.2) is 15.0 Å². The van der Waals surface area contributed by atoms with E-state index < -0.39 is 0 Å². The predicted molar refractivity (Wildman–Crippen MR) is 250 cm³/mol. The van der Waals surface area contributed by atoms with E-state index in [-0.39, 0.29) is 0 Å². The third-order valence-electron chi connectivity index (χ3n) is 11.5. The van der Waals surface area contributed by atoms with Gasteiger partial charge in [-0.05, 0) is 95.0 Å². The van der Waals surface area contributed by atoms with Crippen LogP contribution in [-0.2, 0) is 0 Å². The van der Waals surface area contributed by atoms with Crippen LogP contribution in [0.5, 0.6) is 0 Å². The molecule has 0 amide bonds. The number of hydrogen-bond acceptors (Lipinski definition) is 3. The van der Waals surface area contributed by atoms with Crippen LogP contribution in [0.3, 0.4) is 0 Å². The van der Waals surface area contributed by atoms with E-state index in [0.717, 1.165) is 44.2 Å². The predicted octanol–water partition coefficient (Wildman–Crippen LogP) is 15.0. The highest BCUT2D eigenvalue weighted by molar-refractivity contribution is 6.05. The summed E-state index contributed by atoms with van der Waals surface area (Å²) in [4.78, 5) is 15.8. The average molecular weight is 764 g/mol. The van der Waals surface area contributed by atoms with Gasteiger partial charge < -0.3 is 0 Å². The lowest BCUT2D eigenvalue weighted by atomic mass is 9.91. The molecule has 0 atom stereocenters. The number of aromatic nitrogens is 3. The highest BCUT2D eigenvalue weighted by Crippen LogP contribution is 2.38. The lowest BCUT2D eigenvalue weighted by Crippen LogP contribution is -2.00. The Bertz CT molecular complexity index is 3370. The Kier molecular flexibility index (Phi) is 8.83. The number of fused-ring (bicyclic) bond motifs is 3. The van der Waals surface area contributed by atoms with E-state index in [1.807, 2.05) is 0 Å². The number of benzene rings is 10. The van der Waals surface area contributed by atoms with Crippen molar-refractivity contribution in [1.82, 2.24) is 15.0 Å². The smallest absolute Gasteiger partial charge is 0.164 e. The van der Waals surface area contributed by atoms with Crippen LogP contribution in [0.1, 0.15) is 0 Å². The van der Waals surface area contributed by atoms with E-state index >= 15 is 0 Å². The topological polar surface area (TPSA) is 38.7 Å². The molecule has 0 N–H and O–H groups in total. The van der Waals surface area contributed by atoms with Gasteiger partial charge in [-0.3, -0.25) is 0 Å². The Balaban J connectivity index is 1.08. The Morgan fingerprint density at radius 2 is 0.567 bits per heavy atom. The number of hydrogen-bond donors (Lipinski definition) is 0. The molecule has 0 aliphatic rings. The highest BCUT2D eigenvalue weighted by Gasteiger charge is 2.17. The summed E-state index contributed by atoms with van der Waals surface area (Å²) in [6, 6.07) is 79.5. The van der Waals surface area contributed by atoms with Gasteiger partial charge in [-0.1, -0.05) is 206 Å². The first-order valence-corrected chi connectivity index (χ1v) is 20.3. The number of rotatable bonds is 7. The first-order valence-electron chi connectivity index (χ1n) is 20.3. The van der Waals surface area contributed by atoms with E-state index in [0.29, 0.717) is 17.5 Å². The molecule has 0 saturated heterocycles. The highest BCUT2D eigenvalue weighted by atomic mass is 15.0. The van der Waals surface area contributed by atoms with Gasteiger partial charge in [0.25, 0.3) is 0 Å². The van der Waals surface area contributed by atoms with Crippen LogP contribution >= 0.6 is 0 Å². The van der Waals surface area contributed by atoms with Gasteiger partial charge >= 0.3 is 0 Å². The third-order valence-corrected chi connectivity index (χ3v) is 11.5. The summed E-state index contributed by atoms with van der Waals surface area (Å²) in [5.41, 5.74) is 12.1. The lowest BCUT2D eigenvalue weighted by molar-refractivity contribution is 1.07. The molecule has 11 aromatic rings. The van der Waals surface area contributed by atoms with Crippen molar-refractivity contribution in [1.29, 1.82) is 0 Å². The van der Waals surface area contributed by atoms with Crippen molar-refractivity contribution >= 4 is 32.3 Å². The minimum atomic E-state index is 0.620. The SMILES string of the molecule is c1ccc(-c2cccc3ccc(-c4nc(-c5cccc(-c6cccc7ccccc67)c5)nc(-c5cccc(-c6ccc(-c7ccccc7)c7ccccc67)c5)n4)cc23)cc1. The van der Waals surface area contributed by atoms with Gasteiger partial charge in [0, 0.05) is 16.7 Å². The molecule has 1 heterocycles. The fourth-order valence-electron chi connectivity index (χ4n) is 8.59. The molecule has 0 bridgehead atoms. The maximum absolute atomic E-state index is 5.26. The molecule has 0 radical (unpaired) electrons. The molecule has 0 saturated carbocycles. The summed E-state index contributed by atoms with van der Waals surface area (Å²) >= 11 is 0. The first-order chi connectivity index (χ1) is 29.7. The van der Waals surface area contributed by atoms with E-state index in [1.165, 1.54) is 49.4 Å². The second-order valence-corrected chi connectivity index (χ2v) is 15.2. The monoisotopic (exact) mass is 763 g/mol. The van der Waals surface area contributed by atoms with Gasteiger partial charge in [-0.25, -0.2) is 15.0 Å². The molecule has 10 aromatic carbocycles. The fraction of sp³-hybridized carbons (Fsp3) is 0. The molecule has 0 aliphatic heterocycles. The Morgan fingerprint density at radius 1 is 0.200 bits per heavy atom. The zero-order valence-corrected chi connectivity index (χ0v) is 32.7. The quantitative estimate of drug-likeness (QED) is 0.162. The summed E-state index contributed by atoms with van der Waals surface area (Å²) in [5.74, 6) is 1.86. The fourth-order valence-corrected chi connectivity index (χ4v) is 8.59. The van der Waals surface area contributed by atoms with Crippen LogP contribution in [0.4, 0.5) is 0 Å². The summed E-state index contributed by atoms with van der Waals surface area (Å²) < 4.78 is 0. The van der Waals surface area contributed by atoms with Gasteiger partial charge in [0.15, 0.2) is 17.5 Å². The second kappa shape index (κ2) is 15.1. The van der Waals surface area contributed by atoms with Crippen molar-refractivity contribution in [2.24, 2.45) is 0 Å². The van der Waals surface area contributed by atoms with Gasteiger partial charge in [-0.2, -0.15) is 0 Å². The van der Waals surface area contributed by atoms with E-state index in [1.54, 1.807) is 0 Å². The van der Waals surface area contributed by atoms with Crippen molar-refractivity contribution in [2.75, 3.05) is 0 Å². The van der Waals surface area contributed by atoms with Crippen LogP contribution in [0.2, 0.25) is 0 Å². The van der Waals surface area contributed by atoms with Crippen LogP contribution in [0.15, 0.2) is 224 Å². The largest absolute Gasteiger partial charge is 0.208 e. The summed E-state index contributed by atoms with van der Waals surface area (Å²) in [6.07, 6.45) is 0. The summed E-state index contributed by atoms with van der Waals surface area (Å²) in [5, 5.41) is 7.14. The van der Waals surface area contributed by atoms with Crippen molar-refractivity contribution in [3.05, 3.63) is 224 Å². The molecule has 11 rings (SSSR count). The second-order valence-electron chi connectivity index (χ2n) is 15.2. The lowest BCUT2D eigenvalue weighted by Gasteiger charge is -2.14. The van der Waals surface area contributed by atoms with Crippen molar-refractivity contribution in [3.63, 3.8) is 0 Å². The molecule has 60 heavy (non-hydrogen) atoms. The standard InChI is InChI=1S/C57H37N3/c1-3-15-38(16-4-1)48-29-14-21-41-31-32-46(37-54(41)48)57-59-55(44-24-11-22-42(35-44)49-30-13-20-40-19-7-8-26-47(40)49)58-56(60-57)45-25-12-23-43(36-45)51-34-33-50(39-17-5-2-6-18-39)52-27-9-10-28-53(51)52/h1-37H. The Hall–Kier alpha value is -8.01. The molecule has 0 spiro atoms. The average Bonchev–Trinajstić information content (AvgIpc) is 3.33. The number of nitrogens with zero attached hydrogens (tertiary/aromatic N) is 3. The zero-order chi connectivity index (χ0) is 39.8. The van der Waals surface area contributed by atoms with Crippen molar-refractivity contribution in [3.8, 4) is 78.7 Å². The van der Waals surface area contributed by atoms with Crippen molar-refractivity contribution < 1.29 is 0 Å². The van der Waals surface area contributed by atoms with Crippen molar-refractivity contribution in [2.45, 2.75) is 0 Å². The van der Waals surface area contributed by atoms with Gasteiger partial charge in [0.2, 0.25) is 0 Å². The minimum absolute atomic E-state index is 0.620. The van der Waals surface area contributed by atoms with Crippen LogP contribution in [0, 0.1) is 0 Å². The maximum Gasteiger partial charge on any atom is 0.164 e. The van der Waals surface area contributed by atoms with Gasteiger partial charge in [0.1, 0.15) is 0 Å². The molecule has 1 aromatic heterocycles. The molecule has 280 valence electrons. The maximum atomic E-state index is 5.26. The van der Waals surface area contributed by atoms with E-state index in [9.17, 15) is 0 Å². The molecular weight excluding hydrogens is 727 g/mol. The Labute approximate surface area is 349 Å².